The number of aromatic nitrogens is 2. The summed E-state index contributed by atoms with van der Waals surface area (Å²) in [5.74, 6) is 3.83. The molecule has 2 bridgehead atoms. The molecule has 1 N–H and O–H groups in total. The van der Waals surface area contributed by atoms with E-state index in [1.807, 2.05) is 31.4 Å². The molecular weight excluding hydrogens is 272 g/mol. The molecule has 2 aliphatic carbocycles. The highest BCUT2D eigenvalue weighted by Crippen LogP contribution is 2.43. The van der Waals surface area contributed by atoms with Crippen molar-refractivity contribution >= 4 is 5.95 Å². The van der Waals surface area contributed by atoms with Gasteiger partial charge in [0.25, 0.3) is 0 Å². The van der Waals surface area contributed by atoms with E-state index < -0.39 is 0 Å². The van der Waals surface area contributed by atoms with Gasteiger partial charge in [0.2, 0.25) is 5.95 Å². The Morgan fingerprint density at radius 3 is 2.41 bits per heavy atom. The first-order chi connectivity index (χ1) is 10.7. The molecule has 122 valence electrons. The maximum atomic E-state index is 4.36. The second-order valence-corrected chi connectivity index (χ2v) is 7.49. The van der Waals surface area contributed by atoms with Crippen molar-refractivity contribution in [3.63, 3.8) is 0 Å². The van der Waals surface area contributed by atoms with E-state index in [-0.39, 0.29) is 0 Å². The van der Waals surface area contributed by atoms with Crippen LogP contribution in [0.5, 0.6) is 0 Å². The van der Waals surface area contributed by atoms with Crippen LogP contribution >= 0.6 is 0 Å². The molecule has 0 aliphatic heterocycles. The van der Waals surface area contributed by atoms with E-state index in [0.29, 0.717) is 0 Å². The third-order valence-corrected chi connectivity index (χ3v) is 5.37. The highest BCUT2D eigenvalue weighted by molar-refractivity contribution is 5.26. The summed E-state index contributed by atoms with van der Waals surface area (Å²) in [6.07, 6.45) is 14.2. The van der Waals surface area contributed by atoms with Crippen LogP contribution in [0.15, 0.2) is 12.4 Å². The average molecular weight is 302 g/mol. The zero-order valence-electron chi connectivity index (χ0n) is 14.1. The van der Waals surface area contributed by atoms with Crippen LogP contribution in [0.4, 0.5) is 5.95 Å². The zero-order chi connectivity index (χ0) is 15.4. The van der Waals surface area contributed by atoms with Gasteiger partial charge in [0.15, 0.2) is 0 Å². The van der Waals surface area contributed by atoms with Crippen LogP contribution in [0.25, 0.3) is 0 Å². The molecule has 22 heavy (non-hydrogen) atoms. The Morgan fingerprint density at radius 2 is 1.77 bits per heavy atom. The molecule has 1 aromatic heterocycles. The topological polar surface area (TPSA) is 41.1 Å². The van der Waals surface area contributed by atoms with E-state index in [0.717, 1.165) is 36.8 Å². The maximum Gasteiger partial charge on any atom is 0.224 e. The van der Waals surface area contributed by atoms with E-state index in [2.05, 4.69) is 15.3 Å². The van der Waals surface area contributed by atoms with Crippen molar-refractivity contribution < 1.29 is 0 Å². The van der Waals surface area contributed by atoms with Gasteiger partial charge in [-0.3, -0.25) is 0 Å². The van der Waals surface area contributed by atoms with E-state index >= 15 is 0 Å². The Kier molecular flexibility index (Phi) is 5.29. The lowest BCUT2D eigenvalue weighted by atomic mass is 9.67. The molecule has 0 radical (unpaired) electrons. The van der Waals surface area contributed by atoms with Crippen LogP contribution < -0.4 is 10.2 Å². The molecule has 2 aliphatic rings. The van der Waals surface area contributed by atoms with Crippen LogP contribution in [0.2, 0.25) is 0 Å². The largest absolute Gasteiger partial charge is 0.347 e. The van der Waals surface area contributed by atoms with Crippen LogP contribution in [0.3, 0.4) is 0 Å². The molecule has 0 aromatic carbocycles. The number of nitrogens with zero attached hydrogens (tertiary/aromatic N) is 3. The van der Waals surface area contributed by atoms with Gasteiger partial charge in [0.1, 0.15) is 0 Å². The lowest BCUT2D eigenvalue weighted by molar-refractivity contribution is 0.132. The molecule has 4 nitrogen and oxygen atoms in total. The molecular formula is C18H30N4. The SMILES string of the molecule is CN(C)c1ncc(CNCCC2CC3CCCC(C3)C2)cn1. The molecule has 1 heterocycles. The fourth-order valence-corrected chi connectivity index (χ4v) is 4.31. The summed E-state index contributed by atoms with van der Waals surface area (Å²) < 4.78 is 0. The normalized spacial score (nSPS) is 27.6. The van der Waals surface area contributed by atoms with E-state index in [9.17, 15) is 0 Å². The lowest BCUT2D eigenvalue weighted by Crippen LogP contribution is -2.28. The van der Waals surface area contributed by atoms with Crippen molar-refractivity contribution in [1.82, 2.24) is 15.3 Å². The van der Waals surface area contributed by atoms with Gasteiger partial charge < -0.3 is 10.2 Å². The zero-order valence-corrected chi connectivity index (χ0v) is 14.1. The summed E-state index contributed by atoms with van der Waals surface area (Å²) in [5, 5.41) is 3.57. The Balaban J connectivity index is 1.36. The van der Waals surface area contributed by atoms with Crippen LogP contribution in [-0.2, 0) is 6.54 Å². The first-order valence-corrected chi connectivity index (χ1v) is 8.89. The van der Waals surface area contributed by atoms with Gasteiger partial charge in [0, 0.05) is 38.6 Å². The third-order valence-electron chi connectivity index (χ3n) is 5.37. The molecule has 2 saturated carbocycles. The number of anilines is 1. The van der Waals surface area contributed by atoms with Gasteiger partial charge in [-0.15, -0.1) is 0 Å². The minimum Gasteiger partial charge on any atom is -0.347 e. The summed E-state index contributed by atoms with van der Waals surface area (Å²) in [5.41, 5.74) is 1.17. The van der Waals surface area contributed by atoms with Crippen molar-refractivity contribution in [2.75, 3.05) is 25.5 Å². The molecule has 0 saturated heterocycles. The number of rotatable bonds is 6. The van der Waals surface area contributed by atoms with Gasteiger partial charge in [0.05, 0.1) is 0 Å². The van der Waals surface area contributed by atoms with Crippen molar-refractivity contribution in [2.24, 2.45) is 17.8 Å². The standard InChI is InChI=1S/C18H30N4/c1-22(2)18-20-12-17(13-21-18)11-19-7-6-16-9-14-4-3-5-15(8-14)10-16/h12-16,19H,3-11H2,1-2H3. The molecule has 3 rings (SSSR count). The van der Waals surface area contributed by atoms with Gasteiger partial charge in [-0.2, -0.15) is 0 Å². The molecule has 2 atom stereocenters. The maximum absolute atomic E-state index is 4.36. The molecule has 1 aromatic rings. The summed E-state index contributed by atoms with van der Waals surface area (Å²) >= 11 is 0. The first kappa shape index (κ1) is 15.7. The van der Waals surface area contributed by atoms with Crippen molar-refractivity contribution in [1.29, 1.82) is 0 Å². The predicted octanol–water partition coefficient (Wildman–Crippen LogP) is 3.24. The molecule has 0 spiro atoms. The summed E-state index contributed by atoms with van der Waals surface area (Å²) in [6.45, 7) is 2.01. The van der Waals surface area contributed by atoms with Crippen LogP contribution in [-0.4, -0.2) is 30.6 Å². The number of hydrogen-bond acceptors (Lipinski definition) is 4. The summed E-state index contributed by atoms with van der Waals surface area (Å²) in [6, 6.07) is 0. The first-order valence-electron chi connectivity index (χ1n) is 8.89. The van der Waals surface area contributed by atoms with Gasteiger partial charge in [-0.1, -0.05) is 19.3 Å². The Bertz CT molecular complexity index is 445. The van der Waals surface area contributed by atoms with Crippen LogP contribution in [0, 0.1) is 17.8 Å². The van der Waals surface area contributed by atoms with Crippen molar-refractivity contribution in [3.8, 4) is 0 Å². The number of nitrogens with one attached hydrogen (secondary N) is 1. The predicted molar refractivity (Wildman–Crippen MR) is 90.9 cm³/mol. The average Bonchev–Trinajstić information content (AvgIpc) is 2.52. The van der Waals surface area contributed by atoms with Crippen LogP contribution in [0.1, 0.15) is 50.5 Å². The Morgan fingerprint density at radius 1 is 1.09 bits per heavy atom. The van der Waals surface area contributed by atoms with Crippen molar-refractivity contribution in [2.45, 2.75) is 51.5 Å². The number of fused-ring (bicyclic) bond motifs is 2. The van der Waals surface area contributed by atoms with Gasteiger partial charge in [-0.25, -0.2) is 9.97 Å². The second-order valence-electron chi connectivity index (χ2n) is 7.49. The van der Waals surface area contributed by atoms with Crippen molar-refractivity contribution in [3.05, 3.63) is 18.0 Å². The highest BCUT2D eigenvalue weighted by atomic mass is 15.2. The molecule has 2 unspecified atom stereocenters. The molecule has 2 fully saturated rings. The second kappa shape index (κ2) is 7.40. The lowest BCUT2D eigenvalue weighted by Gasteiger charge is -2.39. The van der Waals surface area contributed by atoms with E-state index in [1.165, 1.54) is 50.5 Å². The highest BCUT2D eigenvalue weighted by Gasteiger charge is 2.31. The van der Waals surface area contributed by atoms with E-state index in [1.54, 1.807) is 0 Å². The molecule has 0 amide bonds. The minimum atomic E-state index is 0.775. The summed E-state index contributed by atoms with van der Waals surface area (Å²) in [7, 11) is 3.93. The van der Waals surface area contributed by atoms with E-state index in [4.69, 9.17) is 0 Å². The fourth-order valence-electron chi connectivity index (χ4n) is 4.31. The quantitative estimate of drug-likeness (QED) is 0.819. The van der Waals surface area contributed by atoms with Gasteiger partial charge in [-0.05, 0) is 50.0 Å². The third kappa shape index (κ3) is 4.19. The Hall–Kier alpha value is -1.16. The number of hydrogen-bond donors (Lipinski definition) is 1. The summed E-state index contributed by atoms with van der Waals surface area (Å²) in [4.78, 5) is 10.6. The molecule has 4 heteroatoms. The fraction of sp³-hybridized carbons (Fsp3) is 0.778. The smallest absolute Gasteiger partial charge is 0.224 e. The monoisotopic (exact) mass is 302 g/mol. The minimum absolute atomic E-state index is 0.775. The van der Waals surface area contributed by atoms with Gasteiger partial charge >= 0.3 is 0 Å². The Labute approximate surface area is 134 Å².